The molecule has 0 atom stereocenters. The number of rotatable bonds is 5. The van der Waals surface area contributed by atoms with Crippen LogP contribution in [0.5, 0.6) is 0 Å². The van der Waals surface area contributed by atoms with Gasteiger partial charge in [0.15, 0.2) is 0 Å². The Balaban J connectivity index is 2.75. The van der Waals surface area contributed by atoms with Crippen molar-refractivity contribution >= 4 is 11.6 Å². The molecule has 0 amide bonds. The molecule has 2 nitrogen and oxygen atoms in total. The molecule has 17 heavy (non-hydrogen) atoms. The van der Waals surface area contributed by atoms with Crippen molar-refractivity contribution in [1.29, 1.82) is 5.26 Å². The Hall–Kier alpha value is -1.11. The van der Waals surface area contributed by atoms with Crippen molar-refractivity contribution in [3.63, 3.8) is 0 Å². The Labute approximate surface area is 107 Å². The van der Waals surface area contributed by atoms with Crippen LogP contribution < -0.4 is 0 Å². The summed E-state index contributed by atoms with van der Waals surface area (Å²) in [6, 6.07) is 7.08. The summed E-state index contributed by atoms with van der Waals surface area (Å²) in [7, 11) is 0. The quantitative estimate of drug-likeness (QED) is 0.803. The lowest BCUT2D eigenvalue weighted by atomic mass is 10.1. The van der Waals surface area contributed by atoms with E-state index >= 15 is 0 Å². The largest absolute Gasteiger partial charge is 0.296 e. The van der Waals surface area contributed by atoms with Gasteiger partial charge >= 0.3 is 0 Å². The van der Waals surface area contributed by atoms with Gasteiger partial charge in [0.2, 0.25) is 0 Å². The second kappa shape index (κ2) is 6.58. The van der Waals surface area contributed by atoms with E-state index in [0.29, 0.717) is 30.1 Å². The summed E-state index contributed by atoms with van der Waals surface area (Å²) < 4.78 is 13.6. The molecule has 0 radical (unpaired) electrons. The van der Waals surface area contributed by atoms with E-state index in [0.717, 1.165) is 0 Å². The van der Waals surface area contributed by atoms with Crippen LogP contribution in [0.25, 0.3) is 0 Å². The van der Waals surface area contributed by atoms with Crippen LogP contribution in [0, 0.1) is 17.1 Å². The van der Waals surface area contributed by atoms with E-state index in [1.807, 2.05) is 13.8 Å². The van der Waals surface area contributed by atoms with E-state index in [2.05, 4.69) is 11.0 Å². The van der Waals surface area contributed by atoms with E-state index in [9.17, 15) is 4.39 Å². The number of hydrogen-bond acceptors (Lipinski definition) is 2. The highest BCUT2D eigenvalue weighted by molar-refractivity contribution is 6.30. The molecule has 0 bridgehead atoms. The Bertz CT molecular complexity index is 412. The first-order valence-corrected chi connectivity index (χ1v) is 5.97. The van der Waals surface area contributed by atoms with Gasteiger partial charge in [-0.25, -0.2) is 4.39 Å². The van der Waals surface area contributed by atoms with Crippen molar-refractivity contribution in [2.45, 2.75) is 32.9 Å². The van der Waals surface area contributed by atoms with E-state index in [1.165, 1.54) is 6.07 Å². The lowest BCUT2D eigenvalue weighted by Crippen LogP contribution is -2.31. The van der Waals surface area contributed by atoms with Crippen molar-refractivity contribution in [2.75, 3.05) is 6.54 Å². The zero-order valence-electron chi connectivity index (χ0n) is 10.1. The molecule has 1 rings (SSSR count). The Kier molecular flexibility index (Phi) is 5.40. The minimum Gasteiger partial charge on any atom is -0.296 e. The van der Waals surface area contributed by atoms with Crippen LogP contribution >= 0.6 is 11.6 Å². The van der Waals surface area contributed by atoms with Gasteiger partial charge in [0, 0.05) is 36.1 Å². The minimum atomic E-state index is -0.292. The average Bonchev–Trinajstić information content (AvgIpc) is 2.26. The molecule has 0 N–H and O–H groups in total. The van der Waals surface area contributed by atoms with Gasteiger partial charge in [-0.15, -0.1) is 0 Å². The van der Waals surface area contributed by atoms with Crippen LogP contribution in [-0.4, -0.2) is 17.5 Å². The highest BCUT2D eigenvalue weighted by atomic mass is 35.5. The van der Waals surface area contributed by atoms with Gasteiger partial charge in [-0.2, -0.15) is 5.26 Å². The first-order chi connectivity index (χ1) is 8.04. The molecule has 0 saturated carbocycles. The second-order valence-electron chi connectivity index (χ2n) is 4.21. The maximum atomic E-state index is 13.6. The van der Waals surface area contributed by atoms with Crippen molar-refractivity contribution in [2.24, 2.45) is 0 Å². The van der Waals surface area contributed by atoms with Crippen molar-refractivity contribution in [3.8, 4) is 6.07 Å². The van der Waals surface area contributed by atoms with Crippen molar-refractivity contribution in [1.82, 2.24) is 4.90 Å². The number of nitrogens with zero attached hydrogens (tertiary/aromatic N) is 2. The summed E-state index contributed by atoms with van der Waals surface area (Å²) in [5, 5.41) is 8.99. The molecule has 0 aliphatic carbocycles. The third kappa shape index (κ3) is 4.33. The molecule has 4 heteroatoms. The van der Waals surface area contributed by atoms with E-state index < -0.39 is 0 Å². The van der Waals surface area contributed by atoms with E-state index in [-0.39, 0.29) is 11.9 Å². The molecule has 0 unspecified atom stereocenters. The van der Waals surface area contributed by atoms with Crippen molar-refractivity contribution < 1.29 is 4.39 Å². The minimum absolute atomic E-state index is 0.276. The predicted molar refractivity (Wildman–Crippen MR) is 67.2 cm³/mol. The third-order valence-electron chi connectivity index (χ3n) is 2.63. The summed E-state index contributed by atoms with van der Waals surface area (Å²) in [6.07, 6.45) is 0.452. The fourth-order valence-corrected chi connectivity index (χ4v) is 1.74. The highest BCUT2D eigenvalue weighted by Gasteiger charge is 2.12. The predicted octanol–water partition coefficient (Wildman–Crippen LogP) is 3.60. The molecule has 0 heterocycles. The van der Waals surface area contributed by atoms with Crippen LogP contribution in [0.2, 0.25) is 5.02 Å². The Morgan fingerprint density at radius 2 is 2.18 bits per heavy atom. The first-order valence-electron chi connectivity index (χ1n) is 5.59. The Morgan fingerprint density at radius 1 is 1.47 bits per heavy atom. The zero-order chi connectivity index (χ0) is 12.8. The molecule has 0 fully saturated rings. The maximum absolute atomic E-state index is 13.6. The second-order valence-corrected chi connectivity index (χ2v) is 4.64. The molecule has 92 valence electrons. The molecule has 0 aliphatic heterocycles. The number of hydrogen-bond donors (Lipinski definition) is 0. The van der Waals surface area contributed by atoms with Crippen LogP contribution in [0.1, 0.15) is 25.8 Å². The summed E-state index contributed by atoms with van der Waals surface area (Å²) >= 11 is 5.70. The number of nitriles is 1. The zero-order valence-corrected chi connectivity index (χ0v) is 10.8. The monoisotopic (exact) mass is 254 g/mol. The lowest BCUT2D eigenvalue weighted by molar-refractivity contribution is 0.215. The van der Waals surface area contributed by atoms with Gasteiger partial charge in [-0.1, -0.05) is 17.7 Å². The molecular weight excluding hydrogens is 239 g/mol. The van der Waals surface area contributed by atoms with Gasteiger partial charge in [0.25, 0.3) is 0 Å². The molecular formula is C13H16ClFN2. The van der Waals surface area contributed by atoms with Crippen LogP contribution in [0.3, 0.4) is 0 Å². The van der Waals surface area contributed by atoms with Crippen molar-refractivity contribution in [3.05, 3.63) is 34.6 Å². The average molecular weight is 255 g/mol. The van der Waals surface area contributed by atoms with Crippen LogP contribution in [-0.2, 0) is 6.54 Å². The summed E-state index contributed by atoms with van der Waals surface area (Å²) in [5.74, 6) is -0.292. The number of benzene rings is 1. The van der Waals surface area contributed by atoms with Gasteiger partial charge in [0.05, 0.1) is 6.07 Å². The van der Waals surface area contributed by atoms with E-state index in [1.54, 1.807) is 12.1 Å². The lowest BCUT2D eigenvalue weighted by Gasteiger charge is -2.25. The maximum Gasteiger partial charge on any atom is 0.129 e. The molecule has 1 aromatic carbocycles. The molecule has 0 saturated heterocycles. The fraction of sp³-hybridized carbons (Fsp3) is 0.462. The smallest absolute Gasteiger partial charge is 0.129 e. The summed E-state index contributed by atoms with van der Waals surface area (Å²) in [5.41, 5.74) is 0.612. The molecule has 0 aliphatic rings. The standard InChI is InChI=1S/C13H16ClFN2/c1-10(2)17(7-3-6-16)9-11-4-5-12(14)8-13(11)15/h4-5,8,10H,3,7,9H2,1-2H3. The first kappa shape index (κ1) is 14.0. The molecule has 0 spiro atoms. The van der Waals surface area contributed by atoms with E-state index in [4.69, 9.17) is 16.9 Å². The molecule has 1 aromatic rings. The number of halogens is 2. The van der Waals surface area contributed by atoms with Gasteiger partial charge < -0.3 is 0 Å². The summed E-state index contributed by atoms with van der Waals surface area (Å²) in [4.78, 5) is 2.07. The fourth-order valence-electron chi connectivity index (χ4n) is 1.58. The van der Waals surface area contributed by atoms with Gasteiger partial charge in [-0.3, -0.25) is 4.90 Å². The SMILES string of the molecule is CC(C)N(CCC#N)Cc1ccc(Cl)cc1F. The third-order valence-corrected chi connectivity index (χ3v) is 2.86. The van der Waals surface area contributed by atoms with Crippen LogP contribution in [0.15, 0.2) is 18.2 Å². The Morgan fingerprint density at radius 3 is 2.71 bits per heavy atom. The summed E-state index contributed by atoms with van der Waals surface area (Å²) in [6.45, 7) is 5.22. The topological polar surface area (TPSA) is 27.0 Å². The molecule has 0 aromatic heterocycles. The van der Waals surface area contributed by atoms with Crippen LogP contribution in [0.4, 0.5) is 4.39 Å². The van der Waals surface area contributed by atoms with Gasteiger partial charge in [0.1, 0.15) is 5.82 Å². The highest BCUT2D eigenvalue weighted by Crippen LogP contribution is 2.17. The van der Waals surface area contributed by atoms with Gasteiger partial charge in [-0.05, 0) is 26.0 Å². The normalized spacial score (nSPS) is 10.9.